The summed E-state index contributed by atoms with van der Waals surface area (Å²) in [6, 6.07) is 0.128. The molecule has 0 saturated carbocycles. The molecule has 0 saturated heterocycles. The van der Waals surface area contributed by atoms with E-state index in [0.29, 0.717) is 0 Å². The zero-order valence-corrected chi connectivity index (χ0v) is 12.2. The van der Waals surface area contributed by atoms with Crippen molar-refractivity contribution in [2.75, 3.05) is 0 Å². The second-order valence-corrected chi connectivity index (χ2v) is 2.83. The van der Waals surface area contributed by atoms with Crippen molar-refractivity contribution < 1.29 is 44.1 Å². The van der Waals surface area contributed by atoms with E-state index in [4.69, 9.17) is 5.73 Å². The first-order valence-corrected chi connectivity index (χ1v) is 4.09. The fourth-order valence-corrected chi connectivity index (χ4v) is 0.916. The Morgan fingerprint density at radius 2 is 2.00 bits per heavy atom. The minimum atomic E-state index is 0. The molecule has 0 rings (SSSR count). The van der Waals surface area contributed by atoms with Gasteiger partial charge in [0.25, 0.3) is 0 Å². The quantitative estimate of drug-likeness (QED) is 0.507. The van der Waals surface area contributed by atoms with Gasteiger partial charge in [-0.3, -0.25) is 0 Å². The summed E-state index contributed by atoms with van der Waals surface area (Å²) in [6.07, 6.45) is 7.86. The maximum Gasteiger partial charge on any atom is 0 e. The predicted molar refractivity (Wildman–Crippen MR) is 47.1 cm³/mol. The van der Waals surface area contributed by atoms with Gasteiger partial charge in [-0.2, -0.15) is 0 Å². The van der Waals surface area contributed by atoms with Crippen LogP contribution in [-0.2, 0) is 0 Å². The van der Waals surface area contributed by atoms with Crippen LogP contribution in [0.25, 0.3) is 5.73 Å². The third kappa shape index (κ3) is 14.0. The van der Waals surface area contributed by atoms with E-state index >= 15 is 0 Å². The number of hydrogen-bond donors (Lipinski definition) is 0. The fraction of sp³-hybridized carbons (Fsp3) is 0.778. The summed E-state index contributed by atoms with van der Waals surface area (Å²) in [7, 11) is 0. The summed E-state index contributed by atoms with van der Waals surface area (Å²) in [4.78, 5) is 0. The van der Waals surface area contributed by atoms with E-state index in [2.05, 4.69) is 6.58 Å². The minimum Gasteiger partial charge on any atom is -0.675 e. The minimum absolute atomic E-state index is 0. The van der Waals surface area contributed by atoms with Crippen molar-refractivity contribution in [3.63, 3.8) is 0 Å². The second-order valence-electron chi connectivity index (χ2n) is 2.83. The molecule has 11 heavy (non-hydrogen) atoms. The molecule has 0 spiro atoms. The van der Waals surface area contributed by atoms with E-state index in [9.17, 15) is 0 Å². The van der Waals surface area contributed by atoms with Gasteiger partial charge in [-0.25, -0.2) is 0 Å². The Morgan fingerprint density at radius 3 is 2.45 bits per heavy atom. The maximum absolute atomic E-state index is 7.24. The van der Waals surface area contributed by atoms with Crippen LogP contribution in [0.5, 0.6) is 0 Å². The predicted octanol–water partition coefficient (Wildman–Crippen LogP) is 3.56. The molecule has 2 heteroatoms. The normalized spacial score (nSPS) is 11.8. The van der Waals surface area contributed by atoms with Crippen molar-refractivity contribution >= 4 is 0 Å². The standard InChI is InChI=1S/C9H18N.Ac/c1-3-4-5-6-7-8-9(2)10;/h3,9-10H,1,4-8H2,2H3;/q-1;/t9-;/m1./s1. The molecule has 63 valence electrons. The Balaban J connectivity index is 0. The number of nitrogens with one attached hydrogen (secondary N) is 1. The monoisotopic (exact) mass is 367 g/mol. The molecule has 0 aliphatic heterocycles. The average molecular weight is 367 g/mol. The third-order valence-corrected chi connectivity index (χ3v) is 1.55. The van der Waals surface area contributed by atoms with E-state index in [1.54, 1.807) is 0 Å². The first-order chi connectivity index (χ1) is 4.77. The van der Waals surface area contributed by atoms with Gasteiger partial charge in [-0.05, 0) is 12.8 Å². The van der Waals surface area contributed by atoms with E-state index in [-0.39, 0.29) is 50.1 Å². The van der Waals surface area contributed by atoms with Crippen molar-refractivity contribution in [2.45, 2.75) is 45.1 Å². The molecule has 1 nitrogen and oxygen atoms in total. The molecule has 0 aromatic heterocycles. The maximum atomic E-state index is 7.24. The molecule has 0 unspecified atom stereocenters. The van der Waals surface area contributed by atoms with Gasteiger partial charge in [0.15, 0.2) is 0 Å². The third-order valence-electron chi connectivity index (χ3n) is 1.55. The van der Waals surface area contributed by atoms with Crippen molar-refractivity contribution in [1.82, 2.24) is 0 Å². The Labute approximate surface area is 106 Å². The number of allylic oxidation sites excluding steroid dienone is 1. The SMILES string of the molecule is C=CCCCCC[C@@H](C)[NH-].[Ac]. The molecular formula is C9H18AcN-. The molecule has 1 N–H and O–H groups in total. The van der Waals surface area contributed by atoms with Crippen LogP contribution in [0.2, 0.25) is 0 Å². The second kappa shape index (κ2) is 11.1. The van der Waals surface area contributed by atoms with Crippen LogP contribution in [0.1, 0.15) is 39.0 Å². The number of hydrogen-bond acceptors (Lipinski definition) is 0. The van der Waals surface area contributed by atoms with E-state index in [0.717, 1.165) is 12.8 Å². The molecule has 1 atom stereocenters. The Bertz CT molecular complexity index is 81.6. The zero-order valence-electron chi connectivity index (χ0n) is 7.47. The van der Waals surface area contributed by atoms with Gasteiger partial charge in [0.05, 0.1) is 0 Å². The summed E-state index contributed by atoms with van der Waals surface area (Å²) in [5, 5.41) is 0. The Morgan fingerprint density at radius 1 is 1.36 bits per heavy atom. The van der Waals surface area contributed by atoms with Crippen molar-refractivity contribution in [3.05, 3.63) is 18.4 Å². The van der Waals surface area contributed by atoms with Crippen LogP contribution >= 0.6 is 0 Å². The van der Waals surface area contributed by atoms with Gasteiger partial charge in [-0.1, -0.05) is 32.3 Å². The largest absolute Gasteiger partial charge is 0.675 e. The zero-order chi connectivity index (χ0) is 7.82. The molecule has 0 amide bonds. The van der Waals surface area contributed by atoms with Crippen molar-refractivity contribution in [1.29, 1.82) is 0 Å². The van der Waals surface area contributed by atoms with E-state index in [1.807, 2.05) is 13.0 Å². The molecular weight excluding hydrogens is 349 g/mol. The molecule has 0 bridgehead atoms. The average Bonchev–Trinajstić information content (AvgIpc) is 1.87. The van der Waals surface area contributed by atoms with E-state index in [1.165, 1.54) is 19.3 Å². The van der Waals surface area contributed by atoms with Gasteiger partial charge >= 0.3 is 0 Å². The van der Waals surface area contributed by atoms with Gasteiger partial charge in [0.2, 0.25) is 0 Å². The first-order valence-electron chi connectivity index (χ1n) is 4.09. The summed E-state index contributed by atoms with van der Waals surface area (Å²) in [6.45, 7) is 5.61. The summed E-state index contributed by atoms with van der Waals surface area (Å²) in [5.41, 5.74) is 7.24. The topological polar surface area (TPSA) is 23.8 Å². The van der Waals surface area contributed by atoms with Gasteiger partial charge in [0, 0.05) is 44.1 Å². The first kappa shape index (κ1) is 14.7. The van der Waals surface area contributed by atoms with Crippen LogP contribution < -0.4 is 0 Å². The Hall–Kier alpha value is 1.14. The molecule has 0 fully saturated rings. The molecule has 0 aliphatic rings. The summed E-state index contributed by atoms with van der Waals surface area (Å²) in [5.74, 6) is 0. The fourth-order valence-electron chi connectivity index (χ4n) is 0.916. The number of rotatable bonds is 6. The number of unbranched alkanes of at least 4 members (excludes halogenated alkanes) is 3. The van der Waals surface area contributed by atoms with Gasteiger partial charge in [-0.15, -0.1) is 12.6 Å². The van der Waals surface area contributed by atoms with Gasteiger partial charge < -0.3 is 5.73 Å². The molecule has 0 aromatic carbocycles. The van der Waals surface area contributed by atoms with Crippen LogP contribution in [-0.4, -0.2) is 6.04 Å². The molecule has 0 aromatic rings. The summed E-state index contributed by atoms with van der Waals surface area (Å²) >= 11 is 0. The van der Waals surface area contributed by atoms with Gasteiger partial charge in [0.1, 0.15) is 0 Å². The van der Waals surface area contributed by atoms with Crippen LogP contribution in [0.4, 0.5) is 0 Å². The van der Waals surface area contributed by atoms with Crippen molar-refractivity contribution in [3.8, 4) is 0 Å². The van der Waals surface area contributed by atoms with Crippen LogP contribution in [0, 0.1) is 44.1 Å². The Kier molecular flexibility index (Phi) is 14.8. The van der Waals surface area contributed by atoms with E-state index < -0.39 is 0 Å². The molecule has 0 heterocycles. The van der Waals surface area contributed by atoms with Crippen molar-refractivity contribution in [2.24, 2.45) is 0 Å². The van der Waals surface area contributed by atoms with Crippen LogP contribution in [0.15, 0.2) is 12.7 Å². The molecule has 1 radical (unpaired) electrons. The molecule has 0 aliphatic carbocycles. The summed E-state index contributed by atoms with van der Waals surface area (Å²) < 4.78 is 0. The smallest absolute Gasteiger partial charge is 0 e. The van der Waals surface area contributed by atoms with Crippen LogP contribution in [0.3, 0.4) is 0 Å².